The average Bonchev–Trinajstić information content (AvgIpc) is 2.61. The number of anilines is 1. The van der Waals surface area contributed by atoms with Crippen LogP contribution in [-0.2, 0) is 13.0 Å². The summed E-state index contributed by atoms with van der Waals surface area (Å²) in [5.74, 6) is 2.02. The standard InChI is InChI=1S/C14H18N4/c1-10-6-7-12(15)11(9-10)14-17-16-13-5-3-2-4-8-18(13)14/h6-7,9H,2-5,8,15H2,1H3. The molecule has 2 N–H and O–H groups in total. The third-order valence-corrected chi connectivity index (χ3v) is 3.56. The number of benzene rings is 1. The predicted molar refractivity (Wildman–Crippen MR) is 72.2 cm³/mol. The van der Waals surface area contributed by atoms with Crippen LogP contribution in [0.1, 0.15) is 30.7 Å². The third kappa shape index (κ3) is 1.88. The van der Waals surface area contributed by atoms with Crippen molar-refractivity contribution in [1.82, 2.24) is 14.8 Å². The molecule has 0 bridgehead atoms. The molecule has 0 atom stereocenters. The second-order valence-electron chi connectivity index (χ2n) is 4.99. The summed E-state index contributed by atoms with van der Waals surface area (Å²) in [6.07, 6.45) is 4.70. The molecule has 94 valence electrons. The molecule has 1 aliphatic heterocycles. The molecule has 0 unspecified atom stereocenters. The van der Waals surface area contributed by atoms with E-state index in [0.29, 0.717) is 0 Å². The molecule has 1 aromatic heterocycles. The summed E-state index contributed by atoms with van der Waals surface area (Å²) in [5.41, 5.74) is 9.06. The van der Waals surface area contributed by atoms with Gasteiger partial charge < -0.3 is 10.3 Å². The van der Waals surface area contributed by atoms with Crippen LogP contribution in [0, 0.1) is 6.92 Å². The minimum atomic E-state index is 0.778. The highest BCUT2D eigenvalue weighted by Gasteiger charge is 2.17. The Labute approximate surface area is 107 Å². The smallest absolute Gasteiger partial charge is 0.166 e. The molecule has 0 aliphatic carbocycles. The Kier molecular flexibility index (Phi) is 2.78. The molecular formula is C14H18N4. The van der Waals surface area contributed by atoms with Crippen LogP contribution in [0.15, 0.2) is 18.2 Å². The summed E-state index contributed by atoms with van der Waals surface area (Å²) < 4.78 is 2.23. The van der Waals surface area contributed by atoms with Gasteiger partial charge in [0, 0.05) is 24.2 Å². The van der Waals surface area contributed by atoms with Crippen LogP contribution in [0.2, 0.25) is 0 Å². The molecule has 2 heterocycles. The van der Waals surface area contributed by atoms with Gasteiger partial charge >= 0.3 is 0 Å². The Morgan fingerprint density at radius 1 is 1.17 bits per heavy atom. The number of fused-ring (bicyclic) bond motifs is 1. The Bertz CT molecular complexity index is 571. The predicted octanol–water partition coefficient (Wildman–Crippen LogP) is 2.56. The topological polar surface area (TPSA) is 56.7 Å². The number of nitrogens with two attached hydrogens (primary N) is 1. The van der Waals surface area contributed by atoms with Gasteiger partial charge in [-0.05, 0) is 31.9 Å². The summed E-state index contributed by atoms with van der Waals surface area (Å²) in [4.78, 5) is 0. The largest absolute Gasteiger partial charge is 0.398 e. The van der Waals surface area contributed by atoms with Crippen LogP contribution in [0.4, 0.5) is 5.69 Å². The van der Waals surface area contributed by atoms with Crippen molar-refractivity contribution in [3.8, 4) is 11.4 Å². The summed E-state index contributed by atoms with van der Waals surface area (Å²) in [6, 6.07) is 6.07. The van der Waals surface area contributed by atoms with Crippen LogP contribution in [0.5, 0.6) is 0 Å². The van der Waals surface area contributed by atoms with E-state index in [9.17, 15) is 0 Å². The van der Waals surface area contributed by atoms with Crippen molar-refractivity contribution in [2.75, 3.05) is 5.73 Å². The number of hydrogen-bond donors (Lipinski definition) is 1. The molecule has 0 spiro atoms. The normalized spacial score (nSPS) is 15.2. The van der Waals surface area contributed by atoms with E-state index in [-0.39, 0.29) is 0 Å². The molecular weight excluding hydrogens is 224 g/mol. The van der Waals surface area contributed by atoms with Crippen molar-refractivity contribution in [2.24, 2.45) is 0 Å². The van der Waals surface area contributed by atoms with E-state index in [0.717, 1.165) is 35.9 Å². The first kappa shape index (κ1) is 11.3. The van der Waals surface area contributed by atoms with Gasteiger partial charge in [0.15, 0.2) is 5.82 Å². The van der Waals surface area contributed by atoms with Gasteiger partial charge in [0.2, 0.25) is 0 Å². The lowest BCUT2D eigenvalue weighted by Crippen LogP contribution is -2.04. The van der Waals surface area contributed by atoms with Crippen molar-refractivity contribution >= 4 is 5.69 Å². The van der Waals surface area contributed by atoms with Crippen molar-refractivity contribution < 1.29 is 0 Å². The minimum absolute atomic E-state index is 0.778. The fraction of sp³-hybridized carbons (Fsp3) is 0.429. The maximum atomic E-state index is 6.07. The van der Waals surface area contributed by atoms with Gasteiger partial charge in [0.05, 0.1) is 0 Å². The summed E-state index contributed by atoms with van der Waals surface area (Å²) in [7, 11) is 0. The molecule has 0 amide bonds. The Balaban J connectivity index is 2.12. The van der Waals surface area contributed by atoms with Gasteiger partial charge in [-0.1, -0.05) is 18.1 Å². The highest BCUT2D eigenvalue weighted by molar-refractivity contribution is 5.72. The van der Waals surface area contributed by atoms with Gasteiger partial charge in [-0.15, -0.1) is 10.2 Å². The maximum Gasteiger partial charge on any atom is 0.166 e. The van der Waals surface area contributed by atoms with Crippen LogP contribution in [-0.4, -0.2) is 14.8 Å². The van der Waals surface area contributed by atoms with Crippen molar-refractivity contribution in [1.29, 1.82) is 0 Å². The van der Waals surface area contributed by atoms with E-state index in [1.807, 2.05) is 12.1 Å². The lowest BCUT2D eigenvalue weighted by molar-refractivity contribution is 0.637. The second kappa shape index (κ2) is 4.44. The van der Waals surface area contributed by atoms with Gasteiger partial charge in [0.1, 0.15) is 5.82 Å². The first-order valence-electron chi connectivity index (χ1n) is 6.54. The maximum absolute atomic E-state index is 6.07. The zero-order valence-electron chi connectivity index (χ0n) is 10.7. The number of aromatic nitrogens is 3. The SMILES string of the molecule is Cc1ccc(N)c(-c2nnc3n2CCCCC3)c1. The molecule has 1 aliphatic rings. The van der Waals surface area contributed by atoms with E-state index in [4.69, 9.17) is 5.73 Å². The van der Waals surface area contributed by atoms with Gasteiger partial charge in [-0.3, -0.25) is 0 Å². The van der Waals surface area contributed by atoms with E-state index in [1.54, 1.807) is 0 Å². The molecule has 4 nitrogen and oxygen atoms in total. The monoisotopic (exact) mass is 242 g/mol. The van der Waals surface area contributed by atoms with Crippen LogP contribution in [0.3, 0.4) is 0 Å². The average molecular weight is 242 g/mol. The molecule has 0 radical (unpaired) electrons. The molecule has 4 heteroatoms. The second-order valence-corrected chi connectivity index (χ2v) is 4.99. The van der Waals surface area contributed by atoms with Crippen LogP contribution < -0.4 is 5.73 Å². The Hall–Kier alpha value is -1.84. The summed E-state index contributed by atoms with van der Waals surface area (Å²) in [5, 5.41) is 8.67. The third-order valence-electron chi connectivity index (χ3n) is 3.56. The van der Waals surface area contributed by atoms with E-state index >= 15 is 0 Å². The highest BCUT2D eigenvalue weighted by atomic mass is 15.3. The first-order valence-corrected chi connectivity index (χ1v) is 6.54. The number of hydrogen-bond acceptors (Lipinski definition) is 3. The minimum Gasteiger partial charge on any atom is -0.398 e. The molecule has 1 aromatic carbocycles. The number of nitrogen functional groups attached to an aromatic ring is 1. The molecule has 0 saturated carbocycles. The quantitative estimate of drug-likeness (QED) is 0.782. The Morgan fingerprint density at radius 3 is 2.94 bits per heavy atom. The fourth-order valence-corrected chi connectivity index (χ4v) is 2.55. The molecule has 2 aromatic rings. The van der Waals surface area contributed by atoms with E-state index < -0.39 is 0 Å². The van der Waals surface area contributed by atoms with Gasteiger partial charge in [0.25, 0.3) is 0 Å². The molecule has 0 saturated heterocycles. The first-order chi connectivity index (χ1) is 8.75. The van der Waals surface area contributed by atoms with E-state index in [2.05, 4.69) is 27.8 Å². The zero-order valence-corrected chi connectivity index (χ0v) is 10.7. The van der Waals surface area contributed by atoms with Crippen LogP contribution in [0.25, 0.3) is 11.4 Å². The molecule has 18 heavy (non-hydrogen) atoms. The molecule has 3 rings (SSSR count). The number of nitrogens with zero attached hydrogens (tertiary/aromatic N) is 3. The summed E-state index contributed by atoms with van der Waals surface area (Å²) >= 11 is 0. The lowest BCUT2D eigenvalue weighted by atomic mass is 10.1. The highest BCUT2D eigenvalue weighted by Crippen LogP contribution is 2.27. The van der Waals surface area contributed by atoms with E-state index in [1.165, 1.54) is 24.8 Å². The number of rotatable bonds is 1. The lowest BCUT2D eigenvalue weighted by Gasteiger charge is -2.09. The molecule has 0 fully saturated rings. The zero-order chi connectivity index (χ0) is 12.5. The number of aryl methyl sites for hydroxylation is 2. The summed E-state index contributed by atoms with van der Waals surface area (Å²) in [6.45, 7) is 3.08. The van der Waals surface area contributed by atoms with Gasteiger partial charge in [-0.25, -0.2) is 0 Å². The van der Waals surface area contributed by atoms with Crippen molar-refractivity contribution in [3.05, 3.63) is 29.6 Å². The van der Waals surface area contributed by atoms with Gasteiger partial charge in [-0.2, -0.15) is 0 Å². The Morgan fingerprint density at radius 2 is 2.06 bits per heavy atom. The fourth-order valence-electron chi connectivity index (χ4n) is 2.55. The van der Waals surface area contributed by atoms with Crippen molar-refractivity contribution in [2.45, 2.75) is 39.2 Å². The van der Waals surface area contributed by atoms with Crippen LogP contribution >= 0.6 is 0 Å². The van der Waals surface area contributed by atoms with Crippen molar-refractivity contribution in [3.63, 3.8) is 0 Å².